The molecule has 160 valence electrons. The molecule has 1 atom stereocenters. The van der Waals surface area contributed by atoms with E-state index in [9.17, 15) is 18.0 Å². The van der Waals surface area contributed by atoms with Crippen LogP contribution < -0.4 is 14.5 Å². The highest BCUT2D eigenvalue weighted by Gasteiger charge is 2.31. The van der Waals surface area contributed by atoms with Crippen molar-refractivity contribution in [1.29, 1.82) is 0 Å². The van der Waals surface area contributed by atoms with Crippen LogP contribution >= 0.6 is 0 Å². The number of rotatable bonds is 7. The lowest BCUT2D eigenvalue weighted by Gasteiger charge is -2.30. The normalized spacial score (nSPS) is 15.2. The molecule has 2 aromatic rings. The van der Waals surface area contributed by atoms with Crippen LogP contribution in [-0.2, 0) is 19.6 Å². The van der Waals surface area contributed by atoms with E-state index in [0.29, 0.717) is 30.8 Å². The number of anilines is 3. The minimum Gasteiger partial charge on any atom is -0.324 e. The Hall–Kier alpha value is -2.87. The fourth-order valence-corrected chi connectivity index (χ4v) is 4.84. The van der Waals surface area contributed by atoms with Gasteiger partial charge in [0.2, 0.25) is 21.8 Å². The summed E-state index contributed by atoms with van der Waals surface area (Å²) >= 11 is 0. The van der Waals surface area contributed by atoms with Gasteiger partial charge in [-0.2, -0.15) is 0 Å². The van der Waals surface area contributed by atoms with Crippen LogP contribution in [0.4, 0.5) is 17.1 Å². The molecule has 30 heavy (non-hydrogen) atoms. The fourth-order valence-electron chi connectivity index (χ4n) is 3.62. The zero-order valence-corrected chi connectivity index (χ0v) is 18.3. The Morgan fingerprint density at radius 3 is 2.27 bits per heavy atom. The topological polar surface area (TPSA) is 86.8 Å². The van der Waals surface area contributed by atoms with E-state index in [1.54, 1.807) is 48.2 Å². The number of nitrogens with one attached hydrogen (secondary N) is 1. The van der Waals surface area contributed by atoms with Gasteiger partial charge in [-0.15, -0.1) is 0 Å². The van der Waals surface area contributed by atoms with Crippen LogP contribution in [0, 0.1) is 6.92 Å². The third-order valence-corrected chi connectivity index (χ3v) is 6.32. The Kier molecular flexibility index (Phi) is 6.45. The fraction of sp³-hybridized carbons (Fsp3) is 0.364. The van der Waals surface area contributed by atoms with Crippen molar-refractivity contribution in [1.82, 2.24) is 0 Å². The number of sulfonamides is 1. The predicted octanol–water partition coefficient (Wildman–Crippen LogP) is 3.31. The summed E-state index contributed by atoms with van der Waals surface area (Å²) < 4.78 is 26.2. The van der Waals surface area contributed by atoms with Crippen molar-refractivity contribution >= 4 is 38.9 Å². The Labute approximate surface area is 177 Å². The van der Waals surface area contributed by atoms with Crippen molar-refractivity contribution in [2.45, 2.75) is 39.2 Å². The molecule has 7 nitrogen and oxygen atoms in total. The molecule has 0 aliphatic carbocycles. The maximum Gasteiger partial charge on any atom is 0.248 e. The van der Waals surface area contributed by atoms with Gasteiger partial charge in [0.15, 0.2) is 0 Å². The summed E-state index contributed by atoms with van der Waals surface area (Å²) in [7, 11) is -3.68. The van der Waals surface area contributed by atoms with E-state index in [-0.39, 0.29) is 5.91 Å². The predicted molar refractivity (Wildman–Crippen MR) is 119 cm³/mol. The lowest BCUT2D eigenvalue weighted by Crippen LogP contribution is -2.47. The minimum atomic E-state index is -3.68. The second kappa shape index (κ2) is 8.87. The van der Waals surface area contributed by atoms with E-state index >= 15 is 0 Å². The van der Waals surface area contributed by atoms with Gasteiger partial charge in [0.1, 0.15) is 6.04 Å². The van der Waals surface area contributed by atoms with Gasteiger partial charge >= 0.3 is 0 Å². The van der Waals surface area contributed by atoms with Gasteiger partial charge in [-0.05, 0) is 56.2 Å². The molecule has 1 heterocycles. The molecule has 0 radical (unpaired) electrons. The number of amides is 2. The molecule has 0 spiro atoms. The zero-order valence-electron chi connectivity index (χ0n) is 17.5. The van der Waals surface area contributed by atoms with Gasteiger partial charge in [0.25, 0.3) is 0 Å². The highest BCUT2D eigenvalue weighted by atomic mass is 32.2. The standard InChI is InChI=1S/C22H27N3O4S/c1-4-20(25(30(3,28)29)19-11-7-16(2)8-12-19)22(27)23-17-9-13-18(14-10-17)24-15-5-6-21(24)26/h7-14,20H,4-6,15H2,1-3H3,(H,23,27)/t20-/m1/s1. The third kappa shape index (κ3) is 4.81. The quantitative estimate of drug-likeness (QED) is 0.732. The Morgan fingerprint density at radius 2 is 1.77 bits per heavy atom. The number of hydrogen-bond donors (Lipinski definition) is 1. The molecule has 0 bridgehead atoms. The maximum atomic E-state index is 13.0. The number of carbonyl (C=O) groups excluding carboxylic acids is 2. The first-order valence-corrected chi connectivity index (χ1v) is 11.8. The minimum absolute atomic E-state index is 0.0970. The second-order valence-electron chi connectivity index (χ2n) is 7.50. The van der Waals surface area contributed by atoms with Gasteiger partial charge in [0, 0.05) is 24.3 Å². The lowest BCUT2D eigenvalue weighted by molar-refractivity contribution is -0.118. The van der Waals surface area contributed by atoms with E-state index in [1.807, 2.05) is 19.1 Å². The average molecular weight is 430 g/mol. The van der Waals surface area contributed by atoms with Crippen LogP contribution in [0.5, 0.6) is 0 Å². The van der Waals surface area contributed by atoms with Crippen molar-refractivity contribution in [2.75, 3.05) is 27.3 Å². The molecule has 2 amide bonds. The number of carbonyl (C=O) groups is 2. The largest absolute Gasteiger partial charge is 0.324 e. The van der Waals surface area contributed by atoms with Gasteiger partial charge in [-0.25, -0.2) is 8.42 Å². The van der Waals surface area contributed by atoms with Crippen LogP contribution in [0.15, 0.2) is 48.5 Å². The summed E-state index contributed by atoms with van der Waals surface area (Å²) in [4.78, 5) is 26.6. The summed E-state index contributed by atoms with van der Waals surface area (Å²) in [5, 5.41) is 2.81. The third-order valence-electron chi connectivity index (χ3n) is 5.14. The van der Waals surface area contributed by atoms with E-state index < -0.39 is 22.0 Å². The summed E-state index contributed by atoms with van der Waals surface area (Å²) in [6, 6.07) is 13.2. The molecule has 8 heteroatoms. The first kappa shape index (κ1) is 21.8. The molecular weight excluding hydrogens is 402 g/mol. The van der Waals surface area contributed by atoms with Crippen LogP contribution in [0.3, 0.4) is 0 Å². The second-order valence-corrected chi connectivity index (χ2v) is 9.36. The summed E-state index contributed by atoms with van der Waals surface area (Å²) in [5.41, 5.74) is 2.79. The Morgan fingerprint density at radius 1 is 1.13 bits per heavy atom. The van der Waals surface area contributed by atoms with Crippen LogP contribution in [-0.4, -0.2) is 39.1 Å². The number of aryl methyl sites for hydroxylation is 1. The lowest BCUT2D eigenvalue weighted by atomic mass is 10.1. The van der Waals surface area contributed by atoms with Gasteiger partial charge in [-0.1, -0.05) is 24.6 Å². The van der Waals surface area contributed by atoms with Gasteiger partial charge in [0.05, 0.1) is 11.9 Å². The first-order chi connectivity index (χ1) is 14.2. The molecule has 1 N–H and O–H groups in total. The van der Waals surface area contributed by atoms with Gasteiger partial charge < -0.3 is 10.2 Å². The summed E-state index contributed by atoms with van der Waals surface area (Å²) in [6.45, 7) is 4.39. The monoisotopic (exact) mass is 429 g/mol. The Bertz CT molecular complexity index is 1020. The number of hydrogen-bond acceptors (Lipinski definition) is 4. The molecule has 2 aromatic carbocycles. The van der Waals surface area contributed by atoms with Crippen molar-refractivity contribution in [3.63, 3.8) is 0 Å². The number of benzene rings is 2. The molecule has 1 saturated heterocycles. The highest BCUT2D eigenvalue weighted by molar-refractivity contribution is 7.92. The van der Waals surface area contributed by atoms with Gasteiger partial charge in [-0.3, -0.25) is 13.9 Å². The summed E-state index contributed by atoms with van der Waals surface area (Å²) in [6.07, 6.45) is 2.81. The van der Waals surface area contributed by atoms with E-state index in [4.69, 9.17) is 0 Å². The van der Waals surface area contributed by atoms with Crippen molar-refractivity contribution in [3.8, 4) is 0 Å². The summed E-state index contributed by atoms with van der Waals surface area (Å²) in [5.74, 6) is -0.312. The first-order valence-electron chi connectivity index (χ1n) is 9.98. The van der Waals surface area contributed by atoms with E-state index in [0.717, 1.165) is 23.9 Å². The highest BCUT2D eigenvalue weighted by Crippen LogP contribution is 2.25. The molecular formula is C22H27N3O4S. The van der Waals surface area contributed by atoms with Crippen molar-refractivity contribution < 1.29 is 18.0 Å². The Balaban J connectivity index is 1.80. The van der Waals surface area contributed by atoms with Crippen molar-refractivity contribution in [3.05, 3.63) is 54.1 Å². The van der Waals surface area contributed by atoms with Crippen LogP contribution in [0.1, 0.15) is 31.7 Å². The van der Waals surface area contributed by atoms with Crippen molar-refractivity contribution in [2.24, 2.45) is 0 Å². The average Bonchev–Trinajstić information content (AvgIpc) is 3.12. The van der Waals surface area contributed by atoms with Crippen LogP contribution in [0.2, 0.25) is 0 Å². The maximum absolute atomic E-state index is 13.0. The molecule has 1 aliphatic rings. The SMILES string of the molecule is CC[C@H](C(=O)Nc1ccc(N2CCCC2=O)cc1)N(c1ccc(C)cc1)S(C)(=O)=O. The van der Waals surface area contributed by atoms with E-state index in [1.165, 1.54) is 4.31 Å². The molecule has 0 unspecified atom stereocenters. The molecule has 1 aliphatic heterocycles. The van der Waals surface area contributed by atoms with E-state index in [2.05, 4.69) is 5.32 Å². The molecule has 0 aromatic heterocycles. The number of nitrogens with zero attached hydrogens (tertiary/aromatic N) is 2. The molecule has 0 saturated carbocycles. The smallest absolute Gasteiger partial charge is 0.248 e. The van der Waals surface area contributed by atoms with Crippen LogP contribution in [0.25, 0.3) is 0 Å². The molecule has 3 rings (SSSR count). The zero-order chi connectivity index (χ0) is 21.9. The molecule has 1 fully saturated rings.